The van der Waals surface area contributed by atoms with Gasteiger partial charge < -0.3 is 20.0 Å². The molecule has 1 fully saturated rings. The lowest BCUT2D eigenvalue weighted by Crippen LogP contribution is -2.37. The number of benzene rings is 1. The minimum Gasteiger partial charge on any atom is -0.370 e. The van der Waals surface area contributed by atoms with Crippen LogP contribution in [0.25, 0.3) is 20.4 Å². The van der Waals surface area contributed by atoms with E-state index in [2.05, 4.69) is 47.3 Å². The fourth-order valence-electron chi connectivity index (χ4n) is 7.62. The Morgan fingerprint density at radius 1 is 0.843 bits per heavy atom. The van der Waals surface area contributed by atoms with E-state index in [9.17, 15) is 9.59 Å². The summed E-state index contributed by atoms with van der Waals surface area (Å²) in [6.45, 7) is 2.93. The Hall–Kier alpha value is -4.20. The molecule has 264 valence electrons. The molecule has 2 amide bonds. The summed E-state index contributed by atoms with van der Waals surface area (Å²) in [5.41, 5.74) is 7.33. The SMILES string of the molecule is CN(C)C(=O)[C@H]1CCc2c(sc3ncnc(Cl)c23)C1.CN(C)C(=O)[C@H]1CCc2c(sc3ncnc(Nc4cc5c(cc4N4CCC4)CN=C5)c23)C1. The first-order chi connectivity index (χ1) is 24.7. The van der Waals surface area contributed by atoms with E-state index in [1.807, 2.05) is 34.4 Å². The summed E-state index contributed by atoms with van der Waals surface area (Å²) in [6.07, 6.45) is 11.4. The molecule has 14 heteroatoms. The van der Waals surface area contributed by atoms with Crippen LogP contribution in [-0.2, 0) is 41.8 Å². The molecule has 1 N–H and O–H groups in total. The number of aryl methyl sites for hydroxylation is 2. The zero-order valence-electron chi connectivity index (χ0n) is 29.2. The molecule has 0 saturated carbocycles. The second-order valence-electron chi connectivity index (χ2n) is 14.1. The van der Waals surface area contributed by atoms with Gasteiger partial charge in [0.25, 0.3) is 0 Å². The standard InChI is InChI=1S/C24H26N6OS.C13H14ClN3OS/c1-29(2)24(31)14-4-5-17-20(10-14)32-23-21(17)22(26-13-27-23)28-18-8-15-11-25-12-16(15)9-19(18)30-6-3-7-30;1-17(2)13(18)7-3-4-8-9(5-7)19-12-10(8)11(14)15-6-16-12/h8-9,11,13-14H,3-7,10,12H2,1-2H3,(H,26,27,28);6-7H,3-5H2,1-2H3/t14-;7-/m00/s1. The highest BCUT2D eigenvalue weighted by Crippen LogP contribution is 2.43. The van der Waals surface area contributed by atoms with E-state index in [0.717, 1.165) is 90.1 Å². The first kappa shape index (κ1) is 33.9. The summed E-state index contributed by atoms with van der Waals surface area (Å²) >= 11 is 9.52. The van der Waals surface area contributed by atoms with E-state index >= 15 is 0 Å². The van der Waals surface area contributed by atoms with E-state index in [0.29, 0.717) is 5.15 Å². The van der Waals surface area contributed by atoms with E-state index in [-0.39, 0.29) is 23.7 Å². The average molecular weight is 742 g/mol. The van der Waals surface area contributed by atoms with Crippen LogP contribution in [0.4, 0.5) is 17.2 Å². The summed E-state index contributed by atoms with van der Waals surface area (Å²) in [5, 5.41) is 6.29. The van der Waals surface area contributed by atoms with Gasteiger partial charge in [0.1, 0.15) is 33.3 Å². The van der Waals surface area contributed by atoms with Crippen LogP contribution < -0.4 is 10.2 Å². The van der Waals surface area contributed by atoms with Crippen molar-refractivity contribution >= 4 is 89.9 Å². The smallest absolute Gasteiger partial charge is 0.225 e. The molecular formula is C37H40ClN9O2S2. The molecule has 6 heterocycles. The number of aliphatic imine (C=N–C) groups is 1. The molecule has 2 aliphatic carbocycles. The van der Waals surface area contributed by atoms with Gasteiger partial charge in [-0.15, -0.1) is 22.7 Å². The van der Waals surface area contributed by atoms with Crippen LogP contribution in [0.15, 0.2) is 29.8 Å². The lowest BCUT2D eigenvalue weighted by atomic mass is 9.87. The number of hydrogen-bond donors (Lipinski definition) is 1. The second-order valence-corrected chi connectivity index (χ2v) is 16.6. The maximum Gasteiger partial charge on any atom is 0.225 e. The lowest BCUT2D eigenvalue weighted by molar-refractivity contribution is -0.134. The van der Waals surface area contributed by atoms with Crippen molar-refractivity contribution in [3.8, 4) is 0 Å². The molecule has 9 rings (SSSR count). The third-order valence-corrected chi connectivity index (χ3v) is 13.0. The molecule has 11 nitrogen and oxygen atoms in total. The summed E-state index contributed by atoms with van der Waals surface area (Å²) < 4.78 is 0. The van der Waals surface area contributed by atoms with E-state index in [4.69, 9.17) is 11.6 Å². The van der Waals surface area contributed by atoms with Crippen molar-refractivity contribution in [2.45, 2.75) is 51.5 Å². The first-order valence-corrected chi connectivity index (χ1v) is 19.4. The number of nitrogens with one attached hydrogen (secondary N) is 1. The highest BCUT2D eigenvalue weighted by molar-refractivity contribution is 7.19. The Kier molecular flexibility index (Phi) is 9.14. The van der Waals surface area contributed by atoms with Gasteiger partial charge in [0, 0.05) is 69.1 Å². The third-order valence-electron chi connectivity index (χ3n) is 10.4. The zero-order chi connectivity index (χ0) is 35.4. The van der Waals surface area contributed by atoms with Crippen LogP contribution in [0.2, 0.25) is 5.15 Å². The first-order valence-electron chi connectivity index (χ1n) is 17.4. The number of thiophene rings is 2. The highest BCUT2D eigenvalue weighted by atomic mass is 35.5. The van der Waals surface area contributed by atoms with Crippen molar-refractivity contribution in [2.75, 3.05) is 51.5 Å². The van der Waals surface area contributed by atoms with Crippen molar-refractivity contribution in [1.82, 2.24) is 29.7 Å². The zero-order valence-corrected chi connectivity index (χ0v) is 31.6. The quantitative estimate of drug-likeness (QED) is 0.208. The molecule has 2 atom stereocenters. The number of anilines is 3. The maximum atomic E-state index is 12.5. The Bertz CT molecular complexity index is 2210. The Morgan fingerprint density at radius 2 is 1.45 bits per heavy atom. The van der Waals surface area contributed by atoms with Crippen LogP contribution in [-0.4, -0.2) is 89.0 Å². The van der Waals surface area contributed by atoms with Gasteiger partial charge in [-0.05, 0) is 79.3 Å². The van der Waals surface area contributed by atoms with Gasteiger partial charge in [0.05, 0.1) is 28.7 Å². The Labute approximate surface area is 309 Å². The number of amides is 2. The normalized spacial score (nSPS) is 18.7. The van der Waals surface area contributed by atoms with E-state index in [1.54, 1.807) is 38.8 Å². The van der Waals surface area contributed by atoms with Crippen LogP contribution >= 0.6 is 34.3 Å². The summed E-state index contributed by atoms with van der Waals surface area (Å²) in [6, 6.07) is 4.49. The molecule has 0 spiro atoms. The number of hydrogen-bond acceptors (Lipinski definition) is 11. The molecule has 1 saturated heterocycles. The average Bonchev–Trinajstić information content (AvgIpc) is 3.82. The van der Waals surface area contributed by atoms with Crippen molar-refractivity contribution in [2.24, 2.45) is 16.8 Å². The van der Waals surface area contributed by atoms with Crippen LogP contribution in [0.3, 0.4) is 0 Å². The van der Waals surface area contributed by atoms with Crippen LogP contribution in [0.5, 0.6) is 0 Å². The van der Waals surface area contributed by atoms with Gasteiger partial charge in [-0.1, -0.05) is 11.6 Å². The molecule has 0 radical (unpaired) electrons. The lowest BCUT2D eigenvalue weighted by Gasteiger charge is -2.35. The maximum absolute atomic E-state index is 12.5. The largest absolute Gasteiger partial charge is 0.370 e. The number of fused-ring (bicyclic) bond motifs is 7. The summed E-state index contributed by atoms with van der Waals surface area (Å²) in [4.78, 5) is 56.9. The molecule has 4 aromatic heterocycles. The fraction of sp³-hybridized carbons (Fsp3) is 0.432. The van der Waals surface area contributed by atoms with Crippen molar-refractivity contribution in [3.63, 3.8) is 0 Å². The molecule has 1 aromatic carbocycles. The predicted molar refractivity (Wildman–Crippen MR) is 206 cm³/mol. The van der Waals surface area contributed by atoms with Gasteiger partial charge >= 0.3 is 0 Å². The van der Waals surface area contributed by atoms with E-state index < -0.39 is 0 Å². The molecule has 51 heavy (non-hydrogen) atoms. The molecule has 0 unspecified atom stereocenters. The molecule has 4 aliphatic rings. The number of carbonyl (C=O) groups excluding carboxylic acids is 2. The highest BCUT2D eigenvalue weighted by Gasteiger charge is 2.31. The van der Waals surface area contributed by atoms with Gasteiger partial charge in [-0.3, -0.25) is 14.6 Å². The Balaban J connectivity index is 0.000000168. The monoisotopic (exact) mass is 741 g/mol. The fourth-order valence-corrected chi connectivity index (χ4v) is 10.5. The second kappa shape index (κ2) is 13.7. The number of rotatable bonds is 5. The van der Waals surface area contributed by atoms with Gasteiger partial charge in [0.15, 0.2) is 0 Å². The van der Waals surface area contributed by atoms with Gasteiger partial charge in [-0.25, -0.2) is 19.9 Å². The number of aromatic nitrogens is 4. The van der Waals surface area contributed by atoms with Crippen molar-refractivity contribution in [1.29, 1.82) is 0 Å². The number of nitrogens with zero attached hydrogens (tertiary/aromatic N) is 8. The van der Waals surface area contributed by atoms with Crippen molar-refractivity contribution < 1.29 is 9.59 Å². The number of halogens is 1. The molecule has 5 aromatic rings. The van der Waals surface area contributed by atoms with Crippen LogP contribution in [0, 0.1) is 11.8 Å². The van der Waals surface area contributed by atoms with Gasteiger partial charge in [0.2, 0.25) is 11.8 Å². The minimum absolute atomic E-state index is 0.0592. The third kappa shape index (κ3) is 6.33. The van der Waals surface area contributed by atoms with Crippen molar-refractivity contribution in [3.05, 3.63) is 61.9 Å². The number of carbonyl (C=O) groups is 2. The van der Waals surface area contributed by atoms with E-state index in [1.165, 1.54) is 50.4 Å². The van der Waals surface area contributed by atoms with Gasteiger partial charge in [-0.2, -0.15) is 0 Å². The topological polar surface area (TPSA) is 120 Å². The molecule has 0 bridgehead atoms. The summed E-state index contributed by atoms with van der Waals surface area (Å²) in [7, 11) is 7.30. The summed E-state index contributed by atoms with van der Waals surface area (Å²) in [5.74, 6) is 1.43. The predicted octanol–water partition coefficient (Wildman–Crippen LogP) is 6.31. The molecule has 2 aliphatic heterocycles. The molecular weight excluding hydrogens is 702 g/mol. The minimum atomic E-state index is 0.0592. The van der Waals surface area contributed by atoms with Crippen LogP contribution in [0.1, 0.15) is 51.3 Å². The Morgan fingerprint density at radius 3 is 2.06 bits per heavy atom.